The van der Waals surface area contributed by atoms with Crippen molar-refractivity contribution in [3.8, 4) is 5.75 Å². The molecule has 2 rings (SSSR count). The first kappa shape index (κ1) is 12.9. The van der Waals surface area contributed by atoms with Gasteiger partial charge in [0.25, 0.3) is 0 Å². The van der Waals surface area contributed by atoms with Crippen LogP contribution in [0.4, 0.5) is 0 Å². The van der Waals surface area contributed by atoms with E-state index in [2.05, 4.69) is 0 Å². The number of rotatable bonds is 4. The van der Waals surface area contributed by atoms with E-state index in [0.717, 1.165) is 22.8 Å². The van der Waals surface area contributed by atoms with E-state index in [1.54, 1.807) is 7.11 Å². The summed E-state index contributed by atoms with van der Waals surface area (Å²) in [7, 11) is 1.66. The highest BCUT2D eigenvalue weighted by Gasteiger charge is 2.07. The predicted octanol–water partition coefficient (Wildman–Crippen LogP) is 3.59. The van der Waals surface area contributed by atoms with Gasteiger partial charge in [0, 0.05) is 11.1 Å². The summed E-state index contributed by atoms with van der Waals surface area (Å²) in [4.78, 5) is 0. The molecule has 0 heterocycles. The molecule has 0 aliphatic heterocycles. The first-order chi connectivity index (χ1) is 8.69. The minimum Gasteiger partial charge on any atom is -0.497 e. The van der Waals surface area contributed by atoms with Crippen LogP contribution in [0.15, 0.2) is 48.5 Å². The molecule has 2 nitrogen and oxygen atoms in total. The molecule has 2 aromatic rings. The summed E-state index contributed by atoms with van der Waals surface area (Å²) in [6.07, 6.45) is 0.795. The zero-order valence-electron chi connectivity index (χ0n) is 10.3. The van der Waals surface area contributed by atoms with E-state index in [-0.39, 0.29) is 6.04 Å². The Kier molecular flexibility index (Phi) is 4.24. The Labute approximate surface area is 112 Å². The van der Waals surface area contributed by atoms with E-state index in [9.17, 15) is 0 Å². The van der Waals surface area contributed by atoms with Crippen LogP contribution in [0.5, 0.6) is 5.75 Å². The molecule has 2 aromatic carbocycles. The smallest absolute Gasteiger partial charge is 0.118 e. The molecule has 0 unspecified atom stereocenters. The van der Waals surface area contributed by atoms with Gasteiger partial charge in [-0.1, -0.05) is 35.9 Å². The first-order valence-electron chi connectivity index (χ1n) is 5.83. The molecule has 1 atom stereocenters. The number of hydrogen-bond acceptors (Lipinski definition) is 2. The normalized spacial score (nSPS) is 12.2. The number of halogens is 1. The zero-order chi connectivity index (χ0) is 13.0. The van der Waals surface area contributed by atoms with Gasteiger partial charge in [-0.3, -0.25) is 0 Å². The van der Waals surface area contributed by atoms with Crippen molar-refractivity contribution >= 4 is 11.6 Å². The molecule has 94 valence electrons. The van der Waals surface area contributed by atoms with Crippen LogP contribution in [0.25, 0.3) is 0 Å². The van der Waals surface area contributed by atoms with Crippen LogP contribution in [0, 0.1) is 0 Å². The summed E-state index contributed by atoms with van der Waals surface area (Å²) in [5.74, 6) is 0.845. The maximum absolute atomic E-state index is 6.18. The monoisotopic (exact) mass is 261 g/mol. The third kappa shape index (κ3) is 3.25. The maximum Gasteiger partial charge on any atom is 0.118 e. The second kappa shape index (κ2) is 5.89. The fourth-order valence-corrected chi connectivity index (χ4v) is 1.97. The van der Waals surface area contributed by atoms with Gasteiger partial charge in [-0.2, -0.15) is 0 Å². The first-order valence-corrected chi connectivity index (χ1v) is 6.21. The topological polar surface area (TPSA) is 35.2 Å². The minimum atomic E-state index is -0.0166. The van der Waals surface area contributed by atoms with Crippen molar-refractivity contribution in [3.63, 3.8) is 0 Å². The Hall–Kier alpha value is -1.51. The van der Waals surface area contributed by atoms with Crippen molar-refractivity contribution in [3.05, 3.63) is 64.7 Å². The molecule has 0 amide bonds. The van der Waals surface area contributed by atoms with Gasteiger partial charge in [-0.15, -0.1) is 0 Å². The van der Waals surface area contributed by atoms with Crippen molar-refractivity contribution in [1.82, 2.24) is 0 Å². The standard InChI is InChI=1S/C15H16ClNO/c1-18-14-8-4-12(5-9-14)15(17)10-11-2-6-13(16)7-3-11/h2-9,15H,10,17H2,1H3/t15-/m1/s1. The predicted molar refractivity (Wildman–Crippen MR) is 75.1 cm³/mol. The molecule has 0 radical (unpaired) electrons. The Balaban J connectivity index is 2.06. The minimum absolute atomic E-state index is 0.0166. The fraction of sp³-hybridized carbons (Fsp3) is 0.200. The van der Waals surface area contributed by atoms with Crippen molar-refractivity contribution in [1.29, 1.82) is 0 Å². The number of nitrogens with two attached hydrogens (primary N) is 1. The van der Waals surface area contributed by atoms with Crippen molar-refractivity contribution in [2.45, 2.75) is 12.5 Å². The lowest BCUT2D eigenvalue weighted by Gasteiger charge is -2.12. The van der Waals surface area contributed by atoms with E-state index in [4.69, 9.17) is 22.1 Å². The molecule has 18 heavy (non-hydrogen) atoms. The molecule has 0 saturated carbocycles. The average Bonchev–Trinajstić information content (AvgIpc) is 2.41. The number of benzene rings is 2. The van der Waals surface area contributed by atoms with Gasteiger partial charge >= 0.3 is 0 Å². The van der Waals surface area contributed by atoms with Gasteiger partial charge in [-0.05, 0) is 41.8 Å². The summed E-state index contributed by atoms with van der Waals surface area (Å²) in [5, 5.41) is 0.747. The molecule has 0 spiro atoms. The van der Waals surface area contributed by atoms with Gasteiger partial charge in [0.05, 0.1) is 7.11 Å². The van der Waals surface area contributed by atoms with E-state index >= 15 is 0 Å². The van der Waals surface area contributed by atoms with Crippen LogP contribution in [-0.4, -0.2) is 7.11 Å². The van der Waals surface area contributed by atoms with Gasteiger partial charge in [0.1, 0.15) is 5.75 Å². The molecule has 3 heteroatoms. The highest BCUT2D eigenvalue weighted by atomic mass is 35.5. The maximum atomic E-state index is 6.18. The highest BCUT2D eigenvalue weighted by Crippen LogP contribution is 2.20. The molecule has 2 N–H and O–H groups in total. The second-order valence-electron chi connectivity index (χ2n) is 4.21. The average molecular weight is 262 g/mol. The van der Waals surface area contributed by atoms with Gasteiger partial charge < -0.3 is 10.5 Å². The van der Waals surface area contributed by atoms with Crippen LogP contribution >= 0.6 is 11.6 Å². The molecule has 0 aliphatic carbocycles. The summed E-state index contributed by atoms with van der Waals surface area (Å²) >= 11 is 5.85. The molecular formula is C15H16ClNO. The molecule has 0 fully saturated rings. The summed E-state index contributed by atoms with van der Waals surface area (Å²) in [6, 6.07) is 15.6. The van der Waals surface area contributed by atoms with Crippen LogP contribution in [0.2, 0.25) is 5.02 Å². The van der Waals surface area contributed by atoms with Crippen molar-refractivity contribution in [2.75, 3.05) is 7.11 Å². The lowest BCUT2D eigenvalue weighted by atomic mass is 10.00. The quantitative estimate of drug-likeness (QED) is 0.913. The molecule has 0 saturated heterocycles. The number of ether oxygens (including phenoxy) is 1. The van der Waals surface area contributed by atoms with Crippen LogP contribution < -0.4 is 10.5 Å². The second-order valence-corrected chi connectivity index (χ2v) is 4.65. The van der Waals surface area contributed by atoms with Crippen molar-refractivity contribution in [2.24, 2.45) is 5.73 Å². The van der Waals surface area contributed by atoms with Crippen LogP contribution in [0.3, 0.4) is 0 Å². The van der Waals surface area contributed by atoms with Crippen molar-refractivity contribution < 1.29 is 4.74 Å². The van der Waals surface area contributed by atoms with Gasteiger partial charge in [0.2, 0.25) is 0 Å². The number of hydrogen-bond donors (Lipinski definition) is 1. The molecular weight excluding hydrogens is 246 g/mol. The van der Waals surface area contributed by atoms with E-state index < -0.39 is 0 Å². The van der Waals surface area contributed by atoms with E-state index in [1.807, 2.05) is 48.5 Å². The molecule has 0 aromatic heterocycles. The SMILES string of the molecule is COc1ccc([C@H](N)Cc2ccc(Cl)cc2)cc1. The lowest BCUT2D eigenvalue weighted by Crippen LogP contribution is -2.13. The Morgan fingerprint density at radius 1 is 1.06 bits per heavy atom. The third-order valence-corrected chi connectivity index (χ3v) is 3.16. The Morgan fingerprint density at radius 2 is 1.67 bits per heavy atom. The van der Waals surface area contributed by atoms with Gasteiger partial charge in [0.15, 0.2) is 0 Å². The van der Waals surface area contributed by atoms with Gasteiger partial charge in [-0.25, -0.2) is 0 Å². The third-order valence-electron chi connectivity index (χ3n) is 2.91. The molecule has 0 aliphatic rings. The lowest BCUT2D eigenvalue weighted by molar-refractivity contribution is 0.414. The fourth-order valence-electron chi connectivity index (χ4n) is 1.84. The summed E-state index contributed by atoms with van der Waals surface area (Å²) < 4.78 is 5.12. The highest BCUT2D eigenvalue weighted by molar-refractivity contribution is 6.30. The zero-order valence-corrected chi connectivity index (χ0v) is 11.0. The Morgan fingerprint density at radius 3 is 2.22 bits per heavy atom. The number of methoxy groups -OCH3 is 1. The largest absolute Gasteiger partial charge is 0.497 e. The van der Waals surface area contributed by atoms with Crippen LogP contribution in [0.1, 0.15) is 17.2 Å². The van der Waals surface area contributed by atoms with Crippen LogP contribution in [-0.2, 0) is 6.42 Å². The molecule has 0 bridgehead atoms. The Bertz CT molecular complexity index is 493. The summed E-state index contributed by atoms with van der Waals surface area (Å²) in [5.41, 5.74) is 8.47. The van der Waals surface area contributed by atoms with E-state index in [0.29, 0.717) is 0 Å². The summed E-state index contributed by atoms with van der Waals surface area (Å²) in [6.45, 7) is 0. The van der Waals surface area contributed by atoms with E-state index in [1.165, 1.54) is 5.56 Å².